The van der Waals surface area contributed by atoms with Crippen LogP contribution in [0.4, 0.5) is 8.78 Å². The molecular formula is C18H23F2NO9S. The molecule has 13 heteroatoms. The molecule has 0 aromatic rings. The highest BCUT2D eigenvalue weighted by molar-refractivity contribution is 7.86. The van der Waals surface area contributed by atoms with Crippen molar-refractivity contribution in [3.63, 3.8) is 0 Å². The smallest absolute Gasteiger partial charge is 0.402 e. The zero-order valence-electron chi connectivity index (χ0n) is 17.2. The normalized spacial score (nSPS) is 32.4. The number of esters is 2. The lowest BCUT2D eigenvalue weighted by atomic mass is 9.78. The summed E-state index contributed by atoms with van der Waals surface area (Å²) in [4.78, 5) is 50.9. The fourth-order valence-electron chi connectivity index (χ4n) is 4.78. The van der Waals surface area contributed by atoms with Crippen LogP contribution in [0.15, 0.2) is 0 Å². The molecule has 1 saturated heterocycles. The van der Waals surface area contributed by atoms with E-state index in [1.165, 1.54) is 0 Å². The monoisotopic (exact) mass is 467 g/mol. The van der Waals surface area contributed by atoms with E-state index in [1.54, 1.807) is 20.8 Å². The van der Waals surface area contributed by atoms with Crippen molar-refractivity contribution in [2.45, 2.75) is 51.5 Å². The molecule has 31 heavy (non-hydrogen) atoms. The van der Waals surface area contributed by atoms with E-state index in [4.69, 9.17) is 9.29 Å². The molecule has 1 aliphatic heterocycles. The molecule has 3 aliphatic rings. The summed E-state index contributed by atoms with van der Waals surface area (Å²) in [6.45, 7) is 4.00. The molecule has 10 nitrogen and oxygen atoms in total. The van der Waals surface area contributed by atoms with Crippen LogP contribution in [0, 0.1) is 29.1 Å². The number of alkyl halides is 2. The van der Waals surface area contributed by atoms with Crippen molar-refractivity contribution >= 4 is 33.9 Å². The van der Waals surface area contributed by atoms with Gasteiger partial charge >= 0.3 is 27.3 Å². The number of hydrogen-bond acceptors (Lipinski definition) is 8. The third-order valence-electron chi connectivity index (χ3n) is 6.10. The molecule has 6 atom stereocenters. The molecular weight excluding hydrogens is 444 g/mol. The van der Waals surface area contributed by atoms with Crippen molar-refractivity contribution in [3.05, 3.63) is 0 Å². The Labute approximate surface area is 177 Å². The van der Waals surface area contributed by atoms with Gasteiger partial charge in [0.2, 0.25) is 11.8 Å². The molecule has 174 valence electrons. The van der Waals surface area contributed by atoms with Gasteiger partial charge in [-0.2, -0.15) is 17.2 Å². The molecule has 0 radical (unpaired) electrons. The number of fused-ring (bicyclic) bond motifs is 1. The predicted octanol–water partition coefficient (Wildman–Crippen LogP) is 0.608. The van der Waals surface area contributed by atoms with Gasteiger partial charge in [0.25, 0.3) is 0 Å². The molecule has 2 bridgehead atoms. The van der Waals surface area contributed by atoms with E-state index >= 15 is 0 Å². The lowest BCUT2D eigenvalue weighted by molar-refractivity contribution is -0.172. The number of ether oxygens (including phenoxy) is 2. The summed E-state index contributed by atoms with van der Waals surface area (Å²) >= 11 is 0. The number of carbonyl (C=O) groups excluding carboxylic acids is 4. The van der Waals surface area contributed by atoms with Crippen LogP contribution in [0.25, 0.3) is 0 Å². The van der Waals surface area contributed by atoms with Crippen molar-refractivity contribution in [1.29, 1.82) is 0 Å². The molecule has 2 saturated carbocycles. The first-order valence-electron chi connectivity index (χ1n) is 9.55. The molecule has 3 rings (SSSR count). The molecule has 6 unspecified atom stereocenters. The highest BCUT2D eigenvalue weighted by Crippen LogP contribution is 2.60. The van der Waals surface area contributed by atoms with Crippen LogP contribution in [0.3, 0.4) is 0 Å². The highest BCUT2D eigenvalue weighted by atomic mass is 32.2. The van der Waals surface area contributed by atoms with Gasteiger partial charge in [0.1, 0.15) is 6.10 Å². The molecule has 1 heterocycles. The van der Waals surface area contributed by atoms with Gasteiger partial charge in [-0.05, 0) is 33.1 Å². The first-order chi connectivity index (χ1) is 14.0. The molecule has 1 N–H and O–H groups in total. The van der Waals surface area contributed by atoms with Crippen LogP contribution in [0.1, 0.15) is 34.1 Å². The molecule has 0 spiro atoms. The number of amides is 2. The van der Waals surface area contributed by atoms with Crippen LogP contribution < -0.4 is 0 Å². The van der Waals surface area contributed by atoms with Crippen molar-refractivity contribution in [1.82, 2.24) is 4.90 Å². The maximum absolute atomic E-state index is 13.5. The molecule has 0 aromatic heterocycles. The summed E-state index contributed by atoms with van der Waals surface area (Å²) in [6, 6.07) is -0.769. The summed E-state index contributed by atoms with van der Waals surface area (Å²) < 4.78 is 67.0. The maximum Gasteiger partial charge on any atom is 0.402 e. The van der Waals surface area contributed by atoms with Crippen LogP contribution in [-0.2, 0) is 38.8 Å². The van der Waals surface area contributed by atoms with Gasteiger partial charge < -0.3 is 9.47 Å². The minimum absolute atomic E-state index is 0.224. The van der Waals surface area contributed by atoms with Gasteiger partial charge in [0.05, 0.1) is 23.3 Å². The van der Waals surface area contributed by atoms with E-state index in [-0.39, 0.29) is 6.42 Å². The van der Waals surface area contributed by atoms with Gasteiger partial charge in [-0.3, -0.25) is 28.6 Å². The van der Waals surface area contributed by atoms with E-state index in [2.05, 4.69) is 4.74 Å². The van der Waals surface area contributed by atoms with Gasteiger partial charge in [-0.25, -0.2) is 0 Å². The number of halogens is 2. The fraction of sp³-hybridized carbons (Fsp3) is 0.778. The molecule has 3 fully saturated rings. The van der Waals surface area contributed by atoms with Gasteiger partial charge in [0.15, 0.2) is 6.61 Å². The van der Waals surface area contributed by atoms with Crippen LogP contribution in [-0.4, -0.2) is 65.6 Å². The van der Waals surface area contributed by atoms with Gasteiger partial charge in [-0.1, -0.05) is 0 Å². The zero-order valence-corrected chi connectivity index (χ0v) is 18.0. The molecule has 2 aliphatic carbocycles. The summed E-state index contributed by atoms with van der Waals surface area (Å²) in [7, 11) is -5.82. The number of imide groups is 1. The second-order valence-corrected chi connectivity index (χ2v) is 10.7. The number of nitrogens with zero attached hydrogens (tertiary/aromatic N) is 1. The topological polar surface area (TPSA) is 144 Å². The lowest BCUT2D eigenvalue weighted by Crippen LogP contribution is -2.49. The maximum atomic E-state index is 13.5. The summed E-state index contributed by atoms with van der Waals surface area (Å²) in [5.41, 5.74) is -0.918. The van der Waals surface area contributed by atoms with Gasteiger partial charge in [-0.15, -0.1) is 0 Å². The average Bonchev–Trinajstić information content (AvgIpc) is 3.20. The van der Waals surface area contributed by atoms with Crippen molar-refractivity contribution < 1.29 is 50.4 Å². The first-order valence-corrected chi connectivity index (χ1v) is 11.0. The summed E-state index contributed by atoms with van der Waals surface area (Å²) in [6.07, 6.45) is -0.801. The Hall–Kier alpha value is -2.15. The zero-order chi connectivity index (χ0) is 23.7. The van der Waals surface area contributed by atoms with Crippen LogP contribution >= 0.6 is 0 Å². The van der Waals surface area contributed by atoms with Crippen molar-refractivity contribution in [3.8, 4) is 0 Å². The lowest BCUT2D eigenvalue weighted by Gasteiger charge is -2.34. The van der Waals surface area contributed by atoms with Crippen molar-refractivity contribution in [2.24, 2.45) is 29.1 Å². The minimum Gasteiger partial charge on any atom is -0.459 e. The summed E-state index contributed by atoms with van der Waals surface area (Å²) in [5.74, 6) is -6.84. The summed E-state index contributed by atoms with van der Waals surface area (Å²) in [5, 5.41) is -4.73. The number of hydrogen-bond donors (Lipinski definition) is 1. The predicted molar refractivity (Wildman–Crippen MR) is 96.7 cm³/mol. The average molecular weight is 467 g/mol. The van der Waals surface area contributed by atoms with Crippen LogP contribution in [0.5, 0.6) is 0 Å². The molecule has 0 aromatic carbocycles. The molecule has 2 amide bonds. The second-order valence-electron chi connectivity index (χ2n) is 9.17. The van der Waals surface area contributed by atoms with E-state index in [0.29, 0.717) is 0 Å². The Balaban J connectivity index is 1.89. The number of carbonyl (C=O) groups is 4. The number of likely N-dealkylation sites (tertiary alicyclic amines) is 1. The van der Waals surface area contributed by atoms with E-state index < -0.39 is 87.0 Å². The standard InChI is InChI=1S/C18H23F2NO9S/c1-7(22)21-12-8-5-9(13(12)30-16(25)17(2,3)4)11(10(8)14(21)23)15(24)29-6-18(19,20)31(26,27)28/h8-13H,5-6H2,1-4H3,(H,26,27,28). The minimum atomic E-state index is -5.82. The third-order valence-corrected chi connectivity index (χ3v) is 6.97. The first kappa shape index (κ1) is 23.5. The van der Waals surface area contributed by atoms with Crippen LogP contribution in [0.2, 0.25) is 0 Å². The third kappa shape index (κ3) is 3.71. The van der Waals surface area contributed by atoms with E-state index in [1.807, 2.05) is 0 Å². The van der Waals surface area contributed by atoms with Gasteiger partial charge in [0, 0.05) is 12.8 Å². The number of rotatable bonds is 5. The SMILES string of the molecule is CC(=O)N1C(=O)C2C3CC(C(OC(=O)C(C)(C)C)C31)C2C(=O)OCC(F)(F)S(=O)(=O)O. The second kappa shape index (κ2) is 7.19. The largest absolute Gasteiger partial charge is 0.459 e. The fourth-order valence-corrected chi connectivity index (χ4v) is 4.99. The Kier molecular flexibility index (Phi) is 5.45. The highest BCUT2D eigenvalue weighted by Gasteiger charge is 2.72. The Bertz CT molecular complexity index is 942. The quantitative estimate of drug-likeness (QED) is 0.454. The Morgan fingerprint density at radius 1 is 1.19 bits per heavy atom. The Morgan fingerprint density at radius 2 is 1.77 bits per heavy atom. The van der Waals surface area contributed by atoms with E-state index in [9.17, 15) is 36.4 Å². The van der Waals surface area contributed by atoms with E-state index in [0.717, 1.165) is 11.8 Å². The Morgan fingerprint density at radius 3 is 2.26 bits per heavy atom. The van der Waals surface area contributed by atoms with Crippen molar-refractivity contribution in [2.75, 3.05) is 6.61 Å².